The molecule has 4 nitrogen and oxygen atoms in total. The molecular weight excluding hydrogens is 196 g/mol. The highest BCUT2D eigenvalue weighted by atomic mass is 28.4. The molecule has 0 aromatic heterocycles. The minimum absolute atomic E-state index is 0.708. The Hall–Kier alpha value is 0.0569. The van der Waals surface area contributed by atoms with Crippen molar-refractivity contribution in [3.8, 4) is 0 Å². The van der Waals surface area contributed by atoms with Crippen molar-refractivity contribution >= 4 is 8.56 Å². The third kappa shape index (κ3) is 8.65. The summed E-state index contributed by atoms with van der Waals surface area (Å²) >= 11 is 0. The lowest BCUT2D eigenvalue weighted by molar-refractivity contribution is 0.207. The van der Waals surface area contributed by atoms with E-state index in [1.807, 2.05) is 0 Å². The van der Waals surface area contributed by atoms with Crippen molar-refractivity contribution in [1.82, 2.24) is 5.32 Å². The standard InChI is InChI=1S/C9H24N2O2Si/c1-12-14(2,3)13-9-5-4-7-11-8-6-10/h11H,4-10H2,1-3H3. The summed E-state index contributed by atoms with van der Waals surface area (Å²) in [4.78, 5) is 0. The minimum atomic E-state index is -1.79. The van der Waals surface area contributed by atoms with Crippen LogP contribution in [0.25, 0.3) is 0 Å². The van der Waals surface area contributed by atoms with Crippen molar-refractivity contribution in [3.63, 3.8) is 0 Å². The third-order valence-corrected chi connectivity index (χ3v) is 3.89. The molecule has 0 unspecified atom stereocenters. The molecule has 0 radical (unpaired) electrons. The van der Waals surface area contributed by atoms with E-state index in [0.717, 1.165) is 32.5 Å². The van der Waals surface area contributed by atoms with Crippen LogP contribution in [0.15, 0.2) is 0 Å². The summed E-state index contributed by atoms with van der Waals surface area (Å²) < 4.78 is 10.9. The van der Waals surface area contributed by atoms with Crippen molar-refractivity contribution in [2.45, 2.75) is 25.9 Å². The Balaban J connectivity index is 3.13. The first-order valence-electron chi connectivity index (χ1n) is 5.22. The topological polar surface area (TPSA) is 56.5 Å². The van der Waals surface area contributed by atoms with Gasteiger partial charge in [-0.1, -0.05) is 0 Å². The zero-order chi connectivity index (χ0) is 10.9. The molecule has 0 fully saturated rings. The number of rotatable bonds is 9. The maximum atomic E-state index is 5.65. The molecule has 86 valence electrons. The molecule has 0 aliphatic carbocycles. The van der Waals surface area contributed by atoms with E-state index in [1.54, 1.807) is 7.11 Å². The van der Waals surface area contributed by atoms with Crippen LogP contribution < -0.4 is 11.1 Å². The van der Waals surface area contributed by atoms with Gasteiger partial charge in [0.1, 0.15) is 0 Å². The van der Waals surface area contributed by atoms with Crippen LogP contribution in [0.1, 0.15) is 12.8 Å². The van der Waals surface area contributed by atoms with Gasteiger partial charge in [0, 0.05) is 26.8 Å². The highest BCUT2D eigenvalue weighted by Gasteiger charge is 2.21. The molecule has 0 aromatic rings. The number of nitrogens with two attached hydrogens (primary N) is 1. The molecule has 0 saturated carbocycles. The zero-order valence-corrected chi connectivity index (χ0v) is 10.6. The smallest absolute Gasteiger partial charge is 0.331 e. The largest absolute Gasteiger partial charge is 0.398 e. The van der Waals surface area contributed by atoms with Gasteiger partial charge in [0.05, 0.1) is 0 Å². The van der Waals surface area contributed by atoms with Crippen LogP contribution in [0.4, 0.5) is 0 Å². The van der Waals surface area contributed by atoms with E-state index < -0.39 is 8.56 Å². The van der Waals surface area contributed by atoms with Gasteiger partial charge in [-0.25, -0.2) is 0 Å². The monoisotopic (exact) mass is 220 g/mol. The molecule has 0 atom stereocenters. The van der Waals surface area contributed by atoms with E-state index >= 15 is 0 Å². The van der Waals surface area contributed by atoms with Gasteiger partial charge in [0.2, 0.25) is 0 Å². The fraction of sp³-hybridized carbons (Fsp3) is 1.00. The number of unbranched alkanes of at least 4 members (excludes halogenated alkanes) is 1. The van der Waals surface area contributed by atoms with Gasteiger partial charge in [-0.3, -0.25) is 0 Å². The van der Waals surface area contributed by atoms with Crippen molar-refractivity contribution in [2.24, 2.45) is 5.73 Å². The lowest BCUT2D eigenvalue weighted by Crippen LogP contribution is -2.33. The van der Waals surface area contributed by atoms with E-state index in [-0.39, 0.29) is 0 Å². The lowest BCUT2D eigenvalue weighted by atomic mass is 10.3. The Kier molecular flexibility index (Phi) is 8.41. The molecule has 3 N–H and O–H groups in total. The summed E-state index contributed by atoms with van der Waals surface area (Å²) in [7, 11) is -0.0758. The summed E-state index contributed by atoms with van der Waals surface area (Å²) in [5, 5.41) is 3.25. The van der Waals surface area contributed by atoms with Crippen molar-refractivity contribution in [3.05, 3.63) is 0 Å². The predicted octanol–water partition coefficient (Wildman–Crippen LogP) is 0.680. The van der Waals surface area contributed by atoms with Gasteiger partial charge in [0.15, 0.2) is 0 Å². The maximum absolute atomic E-state index is 5.65. The summed E-state index contributed by atoms with van der Waals surface area (Å²) in [6.07, 6.45) is 2.21. The second-order valence-corrected chi connectivity index (χ2v) is 7.19. The van der Waals surface area contributed by atoms with Crippen LogP contribution in [0, 0.1) is 0 Å². The van der Waals surface area contributed by atoms with E-state index in [4.69, 9.17) is 14.6 Å². The Bertz CT molecular complexity index is 134. The fourth-order valence-electron chi connectivity index (χ4n) is 0.956. The molecular formula is C9H24N2O2Si. The number of hydrogen-bond donors (Lipinski definition) is 2. The summed E-state index contributed by atoms with van der Waals surface area (Å²) in [5.74, 6) is 0. The van der Waals surface area contributed by atoms with Crippen molar-refractivity contribution in [1.29, 1.82) is 0 Å². The van der Waals surface area contributed by atoms with Gasteiger partial charge in [-0.05, 0) is 32.5 Å². The third-order valence-electron chi connectivity index (χ3n) is 2.01. The van der Waals surface area contributed by atoms with Gasteiger partial charge in [-0.2, -0.15) is 0 Å². The minimum Gasteiger partial charge on any atom is -0.398 e. The second kappa shape index (κ2) is 8.37. The highest BCUT2D eigenvalue weighted by Crippen LogP contribution is 2.05. The van der Waals surface area contributed by atoms with Crippen LogP contribution in [-0.4, -0.2) is 41.9 Å². The molecule has 0 rings (SSSR count). The molecule has 0 aromatic carbocycles. The van der Waals surface area contributed by atoms with Crippen LogP contribution in [-0.2, 0) is 8.85 Å². The average molecular weight is 220 g/mol. The van der Waals surface area contributed by atoms with Crippen molar-refractivity contribution < 1.29 is 8.85 Å². The highest BCUT2D eigenvalue weighted by molar-refractivity contribution is 6.64. The molecule has 0 aliphatic heterocycles. The average Bonchev–Trinajstić information content (AvgIpc) is 2.16. The molecule has 0 saturated heterocycles. The molecule has 0 spiro atoms. The zero-order valence-electron chi connectivity index (χ0n) is 9.64. The quantitative estimate of drug-likeness (QED) is 0.443. The normalized spacial score (nSPS) is 12.0. The maximum Gasteiger partial charge on any atom is 0.331 e. The molecule has 0 aliphatic rings. The molecule has 0 heterocycles. The van der Waals surface area contributed by atoms with Gasteiger partial charge in [-0.15, -0.1) is 0 Å². The van der Waals surface area contributed by atoms with Crippen LogP contribution in [0.2, 0.25) is 13.1 Å². The Labute approximate surface area is 88.4 Å². The molecule has 5 heteroatoms. The SMILES string of the molecule is CO[Si](C)(C)OCCCCNCCN. The van der Waals surface area contributed by atoms with Crippen LogP contribution in [0.3, 0.4) is 0 Å². The van der Waals surface area contributed by atoms with E-state index in [1.165, 1.54) is 0 Å². The van der Waals surface area contributed by atoms with Gasteiger partial charge >= 0.3 is 8.56 Å². The number of hydrogen-bond acceptors (Lipinski definition) is 4. The molecule has 0 bridgehead atoms. The van der Waals surface area contributed by atoms with E-state index in [9.17, 15) is 0 Å². The van der Waals surface area contributed by atoms with E-state index in [2.05, 4.69) is 18.4 Å². The van der Waals surface area contributed by atoms with Gasteiger partial charge < -0.3 is 19.9 Å². The Morgan fingerprint density at radius 1 is 1.21 bits per heavy atom. The predicted molar refractivity (Wildman–Crippen MR) is 61.6 cm³/mol. The second-order valence-electron chi connectivity index (χ2n) is 3.70. The Morgan fingerprint density at radius 2 is 1.93 bits per heavy atom. The van der Waals surface area contributed by atoms with Crippen molar-refractivity contribution in [2.75, 3.05) is 33.4 Å². The van der Waals surface area contributed by atoms with Gasteiger partial charge in [0.25, 0.3) is 0 Å². The van der Waals surface area contributed by atoms with E-state index in [0.29, 0.717) is 6.54 Å². The Morgan fingerprint density at radius 3 is 2.50 bits per heavy atom. The number of nitrogens with one attached hydrogen (secondary N) is 1. The lowest BCUT2D eigenvalue weighted by Gasteiger charge is -2.19. The summed E-state index contributed by atoms with van der Waals surface area (Å²) in [6.45, 7) is 7.55. The first kappa shape index (κ1) is 14.1. The summed E-state index contributed by atoms with van der Waals surface area (Å²) in [6, 6.07) is 0. The first-order valence-corrected chi connectivity index (χ1v) is 8.04. The van der Waals surface area contributed by atoms with Crippen LogP contribution >= 0.6 is 0 Å². The summed E-state index contributed by atoms with van der Waals surface area (Å²) in [5.41, 5.74) is 5.35. The first-order chi connectivity index (χ1) is 6.62. The fourth-order valence-corrected chi connectivity index (χ4v) is 1.71. The molecule has 14 heavy (non-hydrogen) atoms. The van der Waals surface area contributed by atoms with Crippen LogP contribution in [0.5, 0.6) is 0 Å². The molecule has 0 amide bonds.